The Morgan fingerprint density at radius 3 is 2.64 bits per heavy atom. The van der Waals surface area contributed by atoms with Crippen LogP contribution in [0.3, 0.4) is 0 Å². The molecule has 148 valence electrons. The van der Waals surface area contributed by atoms with Crippen LogP contribution in [0.5, 0.6) is 0 Å². The summed E-state index contributed by atoms with van der Waals surface area (Å²) in [5.41, 5.74) is 2.23. The lowest BCUT2D eigenvalue weighted by atomic mass is 9.91. The Hall–Kier alpha value is -0.470. The van der Waals surface area contributed by atoms with E-state index in [1.807, 2.05) is 35.7 Å². The summed E-state index contributed by atoms with van der Waals surface area (Å²) in [6.45, 7) is 0. The molecule has 2 aliphatic rings. The first kappa shape index (κ1) is 20.8. The van der Waals surface area contributed by atoms with Gasteiger partial charge in [0, 0.05) is 10.4 Å². The third-order valence-electron chi connectivity index (χ3n) is 4.96. The number of benzene rings is 1. The van der Waals surface area contributed by atoms with Gasteiger partial charge >= 0.3 is 0 Å². The number of alkyl halides is 1. The molecule has 1 N–H and O–H groups in total. The lowest BCUT2D eigenvalue weighted by Crippen LogP contribution is -2.26. The molecule has 28 heavy (non-hydrogen) atoms. The number of rotatable bonds is 4. The van der Waals surface area contributed by atoms with Crippen molar-refractivity contribution < 1.29 is 9.59 Å². The summed E-state index contributed by atoms with van der Waals surface area (Å²) in [5.74, 6) is 2.03. The molecule has 0 atom stereocenters. The highest BCUT2D eigenvalue weighted by Crippen LogP contribution is 2.60. The van der Waals surface area contributed by atoms with E-state index in [0.29, 0.717) is 21.2 Å². The number of anilines is 1. The Balaban J connectivity index is 1.85. The molecule has 1 aliphatic heterocycles. The van der Waals surface area contributed by atoms with E-state index in [2.05, 4.69) is 21.2 Å². The highest BCUT2D eigenvalue weighted by atomic mass is 79.9. The van der Waals surface area contributed by atoms with Gasteiger partial charge in [-0.15, -0.1) is 34.9 Å². The van der Waals surface area contributed by atoms with Crippen LogP contribution in [0, 0.1) is 0 Å². The summed E-state index contributed by atoms with van der Waals surface area (Å²) >= 11 is 15.1. The highest BCUT2D eigenvalue weighted by Gasteiger charge is 2.43. The summed E-state index contributed by atoms with van der Waals surface area (Å²) < 4.78 is 0.0173. The summed E-state index contributed by atoms with van der Waals surface area (Å²) in [4.78, 5) is 26.9. The van der Waals surface area contributed by atoms with Crippen molar-refractivity contribution in [3.05, 3.63) is 50.9 Å². The van der Waals surface area contributed by atoms with Gasteiger partial charge in [0.25, 0.3) is 0 Å². The lowest BCUT2D eigenvalue weighted by Gasteiger charge is -2.39. The van der Waals surface area contributed by atoms with Crippen LogP contribution in [-0.4, -0.2) is 28.5 Å². The van der Waals surface area contributed by atoms with Crippen LogP contribution in [0.4, 0.5) is 5.00 Å². The molecule has 1 aromatic carbocycles. The van der Waals surface area contributed by atoms with Gasteiger partial charge in [0.15, 0.2) is 5.78 Å². The molecular weight excluding hydrogens is 498 g/mol. The quantitative estimate of drug-likeness (QED) is 0.381. The molecule has 1 fully saturated rings. The number of fused-ring (bicyclic) bond motifs is 2. The zero-order valence-corrected chi connectivity index (χ0v) is 19.8. The van der Waals surface area contributed by atoms with E-state index in [1.165, 1.54) is 11.3 Å². The monoisotopic (exact) mass is 515 g/mol. The van der Waals surface area contributed by atoms with Gasteiger partial charge in [0.1, 0.15) is 5.00 Å². The van der Waals surface area contributed by atoms with E-state index < -0.39 is 0 Å². The third-order valence-corrected chi connectivity index (χ3v) is 10.8. The number of hydrogen-bond donors (Lipinski definition) is 1. The van der Waals surface area contributed by atoms with E-state index in [4.69, 9.17) is 11.6 Å². The maximum Gasteiger partial charge on any atom is 0.235 e. The van der Waals surface area contributed by atoms with Crippen LogP contribution in [-0.2, 0) is 15.3 Å². The fourth-order valence-corrected chi connectivity index (χ4v) is 9.32. The van der Waals surface area contributed by atoms with Crippen LogP contribution < -0.4 is 5.32 Å². The van der Waals surface area contributed by atoms with Crippen LogP contribution in [0.2, 0.25) is 5.02 Å². The van der Waals surface area contributed by atoms with Crippen molar-refractivity contribution in [1.82, 2.24) is 0 Å². The third kappa shape index (κ3) is 3.81. The number of nitrogens with one attached hydrogen (secondary N) is 1. The Morgan fingerprint density at radius 2 is 1.93 bits per heavy atom. The minimum atomic E-state index is -0.148. The van der Waals surface area contributed by atoms with Crippen molar-refractivity contribution in [3.8, 4) is 0 Å². The number of amides is 1. The minimum absolute atomic E-state index is 0.0173. The number of halogens is 2. The first-order valence-corrected chi connectivity index (χ1v) is 13.4. The first-order chi connectivity index (χ1) is 13.6. The van der Waals surface area contributed by atoms with Gasteiger partial charge in [-0.1, -0.05) is 39.7 Å². The van der Waals surface area contributed by atoms with Crippen LogP contribution in [0.1, 0.15) is 45.6 Å². The molecule has 0 bridgehead atoms. The molecule has 1 spiro atoms. The molecule has 4 rings (SSSR count). The second-order valence-corrected chi connectivity index (χ2v) is 11.8. The molecule has 0 unspecified atom stereocenters. The predicted molar refractivity (Wildman–Crippen MR) is 126 cm³/mol. The Bertz CT molecular complexity index is 924. The molecule has 1 amide bonds. The largest absolute Gasteiger partial charge is 0.316 e. The standard InChI is InChI=1S/C20H19BrClNO2S3/c21-11-15(24)23-19-16(17(25)12-5-1-2-7-14(12)22)13-6-3-8-20(18(13)28-19)26-9-4-10-27-20/h1-2,5,7H,3-4,6,8-11H2,(H,23,24). The van der Waals surface area contributed by atoms with Crippen molar-refractivity contribution in [2.24, 2.45) is 0 Å². The number of ketones is 1. The van der Waals surface area contributed by atoms with Crippen molar-refractivity contribution in [1.29, 1.82) is 0 Å². The van der Waals surface area contributed by atoms with Crippen molar-refractivity contribution >= 4 is 79.1 Å². The smallest absolute Gasteiger partial charge is 0.235 e. The average Bonchev–Trinajstić information content (AvgIpc) is 3.08. The van der Waals surface area contributed by atoms with E-state index >= 15 is 0 Å². The highest BCUT2D eigenvalue weighted by molar-refractivity contribution is 9.09. The fourth-order valence-electron chi connectivity index (χ4n) is 3.74. The maximum atomic E-state index is 13.5. The molecule has 1 aliphatic carbocycles. The molecular formula is C20H19BrClNO2S3. The predicted octanol–water partition coefficient (Wildman–Crippen LogP) is 6.33. The number of carbonyl (C=O) groups excluding carboxylic acids is 2. The second kappa shape index (κ2) is 8.72. The Labute approximate surface area is 190 Å². The molecule has 0 radical (unpaired) electrons. The van der Waals surface area contributed by atoms with E-state index in [1.54, 1.807) is 23.5 Å². The average molecular weight is 517 g/mol. The fraction of sp³-hybridized carbons (Fsp3) is 0.400. The lowest BCUT2D eigenvalue weighted by molar-refractivity contribution is -0.113. The van der Waals surface area contributed by atoms with Crippen molar-refractivity contribution in [2.75, 3.05) is 22.2 Å². The number of carbonyl (C=O) groups is 2. The van der Waals surface area contributed by atoms with E-state index in [0.717, 1.165) is 36.3 Å². The number of hydrogen-bond acceptors (Lipinski definition) is 5. The molecule has 2 heterocycles. The molecule has 1 saturated heterocycles. The van der Waals surface area contributed by atoms with Crippen molar-refractivity contribution in [3.63, 3.8) is 0 Å². The maximum absolute atomic E-state index is 13.5. The van der Waals surface area contributed by atoms with Gasteiger partial charge in [0.05, 0.1) is 20.0 Å². The summed E-state index contributed by atoms with van der Waals surface area (Å²) in [7, 11) is 0. The SMILES string of the molecule is O=C(CBr)Nc1sc2c(c1C(=O)c1ccccc1Cl)CCCC21SCCCS1. The van der Waals surface area contributed by atoms with Crippen LogP contribution >= 0.6 is 62.4 Å². The van der Waals surface area contributed by atoms with Crippen molar-refractivity contribution in [2.45, 2.75) is 29.8 Å². The van der Waals surface area contributed by atoms with Crippen LogP contribution in [0.15, 0.2) is 24.3 Å². The first-order valence-electron chi connectivity index (χ1n) is 9.15. The minimum Gasteiger partial charge on any atom is -0.316 e. The zero-order valence-electron chi connectivity index (χ0n) is 15.1. The van der Waals surface area contributed by atoms with Gasteiger partial charge in [-0.25, -0.2) is 0 Å². The number of thiophene rings is 1. The normalized spacial score (nSPS) is 17.9. The molecule has 1 aromatic heterocycles. The molecule has 8 heteroatoms. The molecule has 2 aromatic rings. The van der Waals surface area contributed by atoms with Gasteiger partial charge in [0.2, 0.25) is 5.91 Å². The Kier molecular flexibility index (Phi) is 6.47. The van der Waals surface area contributed by atoms with Crippen LogP contribution in [0.25, 0.3) is 0 Å². The summed E-state index contributed by atoms with van der Waals surface area (Å²) in [6.07, 6.45) is 4.25. The second-order valence-electron chi connectivity index (χ2n) is 6.76. The van der Waals surface area contributed by atoms with Gasteiger partial charge < -0.3 is 5.32 Å². The van der Waals surface area contributed by atoms with Gasteiger partial charge in [-0.2, -0.15) is 0 Å². The summed E-state index contributed by atoms with van der Waals surface area (Å²) in [6, 6.07) is 7.13. The van der Waals surface area contributed by atoms with Gasteiger partial charge in [-0.05, 0) is 54.9 Å². The van der Waals surface area contributed by atoms with Gasteiger partial charge in [-0.3, -0.25) is 9.59 Å². The number of thioether (sulfide) groups is 2. The molecule has 0 saturated carbocycles. The van der Waals surface area contributed by atoms with E-state index in [9.17, 15) is 9.59 Å². The Morgan fingerprint density at radius 1 is 1.18 bits per heavy atom. The summed E-state index contributed by atoms with van der Waals surface area (Å²) in [5, 5.41) is 4.26. The van der Waals surface area contributed by atoms with E-state index in [-0.39, 0.29) is 21.1 Å². The molecule has 3 nitrogen and oxygen atoms in total. The zero-order chi connectivity index (χ0) is 19.7. The topological polar surface area (TPSA) is 46.2 Å².